The Kier molecular flexibility index (Phi) is 2.75. The molecule has 0 aromatic rings. The quantitative estimate of drug-likeness (QED) is 0.794. The van der Waals surface area contributed by atoms with Gasteiger partial charge in [-0.1, -0.05) is 25.7 Å². The van der Waals surface area contributed by atoms with Gasteiger partial charge in [0.1, 0.15) is 0 Å². The second-order valence-electron chi connectivity index (χ2n) is 6.72. The van der Waals surface area contributed by atoms with Crippen molar-refractivity contribution in [1.82, 2.24) is 4.90 Å². The van der Waals surface area contributed by atoms with Crippen LogP contribution in [0.4, 0.5) is 0 Å². The largest absolute Gasteiger partial charge is 0.396 e. The maximum absolute atomic E-state index is 9.35. The molecule has 0 unspecified atom stereocenters. The van der Waals surface area contributed by atoms with Crippen molar-refractivity contribution in [2.24, 2.45) is 10.8 Å². The van der Waals surface area contributed by atoms with Crippen LogP contribution in [0.3, 0.4) is 0 Å². The molecule has 3 rings (SSSR count). The Balaban J connectivity index is 1.49. The smallest absolute Gasteiger partial charge is 0.0499 e. The highest BCUT2D eigenvalue weighted by atomic mass is 16.3. The molecule has 0 radical (unpaired) electrons. The highest BCUT2D eigenvalue weighted by molar-refractivity contribution is 5.02. The first-order chi connectivity index (χ1) is 7.76. The number of nitrogens with zero attached hydrogens (tertiary/aromatic N) is 1. The van der Waals surface area contributed by atoms with Crippen LogP contribution in [0.15, 0.2) is 0 Å². The summed E-state index contributed by atoms with van der Waals surface area (Å²) in [5.74, 6) is 0. The van der Waals surface area contributed by atoms with Crippen molar-refractivity contribution in [2.45, 2.75) is 51.4 Å². The van der Waals surface area contributed by atoms with Crippen LogP contribution in [0.25, 0.3) is 0 Å². The molecule has 1 N–H and O–H groups in total. The summed E-state index contributed by atoms with van der Waals surface area (Å²) in [6.45, 7) is 4.24. The summed E-state index contributed by atoms with van der Waals surface area (Å²) in [5.41, 5.74) is 1.02. The lowest BCUT2D eigenvalue weighted by molar-refractivity contribution is -0.0302. The van der Waals surface area contributed by atoms with E-state index < -0.39 is 0 Å². The fraction of sp³-hybridized carbons (Fsp3) is 1.00. The highest BCUT2D eigenvalue weighted by Crippen LogP contribution is 2.49. The van der Waals surface area contributed by atoms with Gasteiger partial charge < -0.3 is 10.0 Å². The molecule has 3 aliphatic rings. The van der Waals surface area contributed by atoms with Crippen molar-refractivity contribution in [3.05, 3.63) is 0 Å². The lowest BCUT2D eigenvalue weighted by atomic mass is 9.73. The highest BCUT2D eigenvalue weighted by Gasteiger charge is 2.49. The molecule has 2 nitrogen and oxygen atoms in total. The SMILES string of the molecule is OCC1(CN2CC3(CCCCCC3)C2)CC1. The molecule has 2 heteroatoms. The van der Waals surface area contributed by atoms with Gasteiger partial charge in [-0.2, -0.15) is 0 Å². The number of rotatable bonds is 3. The van der Waals surface area contributed by atoms with E-state index in [1.807, 2.05) is 0 Å². The van der Waals surface area contributed by atoms with Crippen LogP contribution in [0.5, 0.6) is 0 Å². The van der Waals surface area contributed by atoms with Crippen LogP contribution in [0, 0.1) is 10.8 Å². The number of aliphatic hydroxyl groups is 1. The molecular weight excluding hydrogens is 198 g/mol. The Morgan fingerprint density at radius 2 is 1.50 bits per heavy atom. The average Bonchev–Trinajstić information content (AvgIpc) is 3.01. The minimum absolute atomic E-state index is 0.326. The van der Waals surface area contributed by atoms with E-state index >= 15 is 0 Å². The fourth-order valence-corrected chi connectivity index (χ4v) is 3.83. The lowest BCUT2D eigenvalue weighted by Gasteiger charge is -2.51. The normalized spacial score (nSPS) is 32.1. The molecule has 92 valence electrons. The third-order valence-corrected chi connectivity index (χ3v) is 5.13. The zero-order chi connectivity index (χ0) is 11.1. The third-order valence-electron chi connectivity index (χ3n) is 5.13. The molecule has 2 saturated carbocycles. The Labute approximate surface area is 99.0 Å². The van der Waals surface area contributed by atoms with Crippen molar-refractivity contribution in [2.75, 3.05) is 26.2 Å². The molecule has 0 bridgehead atoms. The molecule has 16 heavy (non-hydrogen) atoms. The molecule has 3 fully saturated rings. The second kappa shape index (κ2) is 3.99. The van der Waals surface area contributed by atoms with Crippen LogP contribution < -0.4 is 0 Å². The van der Waals surface area contributed by atoms with Crippen LogP contribution in [0.1, 0.15) is 51.4 Å². The minimum Gasteiger partial charge on any atom is -0.396 e. The van der Waals surface area contributed by atoms with E-state index in [0.717, 1.165) is 0 Å². The predicted molar refractivity (Wildman–Crippen MR) is 65.3 cm³/mol. The van der Waals surface area contributed by atoms with Crippen molar-refractivity contribution in [3.8, 4) is 0 Å². The van der Waals surface area contributed by atoms with E-state index in [0.29, 0.717) is 17.4 Å². The average molecular weight is 223 g/mol. The minimum atomic E-state index is 0.326. The molecule has 0 aromatic heterocycles. The molecule has 0 atom stereocenters. The molecule has 1 heterocycles. The maximum Gasteiger partial charge on any atom is 0.0499 e. The number of aliphatic hydroxyl groups excluding tert-OH is 1. The van der Waals surface area contributed by atoms with Gasteiger partial charge in [0.05, 0.1) is 0 Å². The van der Waals surface area contributed by atoms with Gasteiger partial charge >= 0.3 is 0 Å². The Morgan fingerprint density at radius 3 is 2.00 bits per heavy atom. The van der Waals surface area contributed by atoms with Gasteiger partial charge in [0, 0.05) is 31.7 Å². The second-order valence-corrected chi connectivity index (χ2v) is 6.72. The summed E-state index contributed by atoms with van der Waals surface area (Å²) in [6, 6.07) is 0. The molecular formula is C14H25NO. The first-order valence-corrected chi connectivity index (χ1v) is 7.09. The van der Waals surface area contributed by atoms with Crippen molar-refractivity contribution >= 4 is 0 Å². The molecule has 2 aliphatic carbocycles. The first kappa shape index (κ1) is 11.0. The molecule has 1 aliphatic heterocycles. The molecule has 1 saturated heterocycles. The number of hydrogen-bond donors (Lipinski definition) is 1. The van der Waals surface area contributed by atoms with Gasteiger partial charge in [-0.15, -0.1) is 0 Å². The van der Waals surface area contributed by atoms with Gasteiger partial charge in [-0.05, 0) is 31.1 Å². The number of likely N-dealkylation sites (tertiary alicyclic amines) is 1. The van der Waals surface area contributed by atoms with Gasteiger partial charge in [0.2, 0.25) is 0 Å². The summed E-state index contributed by atoms with van der Waals surface area (Å²) in [6.07, 6.45) is 11.3. The summed E-state index contributed by atoms with van der Waals surface area (Å²) in [4.78, 5) is 2.61. The topological polar surface area (TPSA) is 23.5 Å². The van der Waals surface area contributed by atoms with E-state index in [1.54, 1.807) is 0 Å². The summed E-state index contributed by atoms with van der Waals surface area (Å²) in [7, 11) is 0. The summed E-state index contributed by atoms with van der Waals surface area (Å²) < 4.78 is 0. The van der Waals surface area contributed by atoms with Crippen molar-refractivity contribution < 1.29 is 5.11 Å². The van der Waals surface area contributed by atoms with E-state index in [9.17, 15) is 5.11 Å². The predicted octanol–water partition coefficient (Wildman–Crippen LogP) is 2.42. The van der Waals surface area contributed by atoms with E-state index in [2.05, 4.69) is 4.90 Å². The third kappa shape index (κ3) is 2.02. The van der Waals surface area contributed by atoms with E-state index in [-0.39, 0.29) is 0 Å². The van der Waals surface area contributed by atoms with E-state index in [4.69, 9.17) is 0 Å². The van der Waals surface area contributed by atoms with Crippen molar-refractivity contribution in [1.29, 1.82) is 0 Å². The van der Waals surface area contributed by atoms with Crippen molar-refractivity contribution in [3.63, 3.8) is 0 Å². The zero-order valence-corrected chi connectivity index (χ0v) is 10.4. The van der Waals surface area contributed by atoms with E-state index in [1.165, 1.54) is 71.0 Å². The first-order valence-electron chi connectivity index (χ1n) is 7.09. The molecule has 1 spiro atoms. The van der Waals surface area contributed by atoms with Crippen LogP contribution >= 0.6 is 0 Å². The summed E-state index contributed by atoms with van der Waals surface area (Å²) >= 11 is 0. The Bertz CT molecular complexity index is 243. The van der Waals surface area contributed by atoms with Crippen LogP contribution in [-0.2, 0) is 0 Å². The monoisotopic (exact) mass is 223 g/mol. The zero-order valence-electron chi connectivity index (χ0n) is 10.4. The summed E-state index contributed by atoms with van der Waals surface area (Å²) in [5, 5.41) is 9.35. The van der Waals surface area contributed by atoms with Crippen LogP contribution in [-0.4, -0.2) is 36.2 Å². The van der Waals surface area contributed by atoms with Gasteiger partial charge in [-0.3, -0.25) is 0 Å². The van der Waals surface area contributed by atoms with Gasteiger partial charge in [-0.25, -0.2) is 0 Å². The van der Waals surface area contributed by atoms with Gasteiger partial charge in [0.25, 0.3) is 0 Å². The Hall–Kier alpha value is -0.0800. The van der Waals surface area contributed by atoms with Crippen LogP contribution in [0.2, 0.25) is 0 Å². The molecule has 0 aromatic carbocycles. The lowest BCUT2D eigenvalue weighted by Crippen LogP contribution is -2.57. The standard InChI is InChI=1S/C14H25NO/c16-12-14(7-8-14)11-15-9-13(10-15)5-3-1-2-4-6-13/h16H,1-12H2. The maximum atomic E-state index is 9.35. The number of hydrogen-bond acceptors (Lipinski definition) is 2. The van der Waals surface area contributed by atoms with Gasteiger partial charge in [0.15, 0.2) is 0 Å². The molecule has 0 amide bonds. The fourth-order valence-electron chi connectivity index (χ4n) is 3.83. The Morgan fingerprint density at radius 1 is 0.875 bits per heavy atom.